The first kappa shape index (κ1) is 18.0. The van der Waals surface area contributed by atoms with Gasteiger partial charge in [0.15, 0.2) is 0 Å². The molecule has 0 unspecified atom stereocenters. The molecule has 1 aliphatic rings. The molecule has 142 valence electrons. The largest absolute Gasteiger partial charge is 0.369 e. The molecule has 5 nitrogen and oxygen atoms in total. The Kier molecular flexibility index (Phi) is 5.24. The van der Waals surface area contributed by atoms with Gasteiger partial charge in [0.25, 0.3) is 0 Å². The van der Waals surface area contributed by atoms with E-state index in [0.717, 1.165) is 42.5 Å². The minimum absolute atomic E-state index is 0.734. The zero-order valence-electron chi connectivity index (χ0n) is 16.3. The van der Waals surface area contributed by atoms with E-state index in [4.69, 9.17) is 0 Å². The van der Waals surface area contributed by atoms with Crippen LogP contribution in [0, 0.1) is 13.8 Å². The van der Waals surface area contributed by atoms with Crippen molar-refractivity contribution in [2.45, 2.75) is 13.8 Å². The van der Waals surface area contributed by atoms with Crippen LogP contribution in [0.3, 0.4) is 0 Å². The molecule has 28 heavy (non-hydrogen) atoms. The lowest BCUT2D eigenvalue weighted by Crippen LogP contribution is -2.26. The molecule has 0 saturated heterocycles. The number of anilines is 1. The molecule has 0 aliphatic carbocycles. The van der Waals surface area contributed by atoms with Gasteiger partial charge in [-0.3, -0.25) is 10.1 Å². The molecule has 0 bridgehead atoms. The molecule has 1 aliphatic heterocycles. The third-order valence-electron chi connectivity index (χ3n) is 4.83. The third kappa shape index (κ3) is 4.31. The maximum atomic E-state index is 4.57. The zero-order valence-corrected chi connectivity index (χ0v) is 16.3. The van der Waals surface area contributed by atoms with Crippen molar-refractivity contribution in [3.63, 3.8) is 0 Å². The van der Waals surface area contributed by atoms with Gasteiger partial charge in [0, 0.05) is 19.2 Å². The van der Waals surface area contributed by atoms with Crippen LogP contribution < -0.4 is 10.6 Å². The van der Waals surface area contributed by atoms with Gasteiger partial charge >= 0.3 is 0 Å². The number of amidine groups is 1. The van der Waals surface area contributed by atoms with Gasteiger partial charge in [-0.15, -0.1) is 0 Å². The highest BCUT2D eigenvalue weighted by atomic mass is 15.2. The molecule has 2 heterocycles. The van der Waals surface area contributed by atoms with Crippen LogP contribution in [-0.4, -0.2) is 35.7 Å². The molecule has 0 saturated carbocycles. The lowest BCUT2D eigenvalue weighted by atomic mass is 10.1. The van der Waals surface area contributed by atoms with E-state index in [2.05, 4.69) is 94.3 Å². The van der Waals surface area contributed by atoms with Crippen molar-refractivity contribution in [2.75, 3.05) is 25.0 Å². The molecule has 3 aromatic rings. The highest BCUT2D eigenvalue weighted by Crippen LogP contribution is 2.20. The minimum atomic E-state index is 0.734. The fourth-order valence-corrected chi connectivity index (χ4v) is 3.15. The van der Waals surface area contributed by atoms with Crippen molar-refractivity contribution in [1.29, 1.82) is 0 Å². The van der Waals surface area contributed by atoms with Crippen molar-refractivity contribution >= 4 is 17.2 Å². The summed E-state index contributed by atoms with van der Waals surface area (Å²) in [6.07, 6.45) is 2.13. The lowest BCUT2D eigenvalue weighted by Gasteiger charge is -2.05. The fourth-order valence-electron chi connectivity index (χ4n) is 3.15. The summed E-state index contributed by atoms with van der Waals surface area (Å²) in [7, 11) is 0. The molecule has 0 spiro atoms. The molecule has 2 aromatic carbocycles. The molecular weight excluding hydrogens is 346 g/mol. The van der Waals surface area contributed by atoms with Crippen LogP contribution in [0.25, 0.3) is 16.8 Å². The summed E-state index contributed by atoms with van der Waals surface area (Å²) >= 11 is 0. The molecule has 0 fully saturated rings. The van der Waals surface area contributed by atoms with E-state index < -0.39 is 0 Å². The van der Waals surface area contributed by atoms with E-state index in [1.54, 1.807) is 0 Å². The maximum Gasteiger partial charge on any atom is 0.148 e. The number of aliphatic imine (C=N–C) groups is 1. The smallest absolute Gasteiger partial charge is 0.148 e. The predicted octanol–water partition coefficient (Wildman–Crippen LogP) is 4.19. The number of aromatic nitrogens is 2. The summed E-state index contributed by atoms with van der Waals surface area (Å²) in [6.45, 7) is 6.48. The van der Waals surface area contributed by atoms with E-state index in [1.165, 1.54) is 22.3 Å². The molecule has 0 radical (unpaired) electrons. The fraction of sp³-hybridized carbons (Fsp3) is 0.217. The quantitative estimate of drug-likeness (QED) is 0.569. The van der Waals surface area contributed by atoms with Crippen molar-refractivity contribution < 1.29 is 0 Å². The van der Waals surface area contributed by atoms with E-state index in [-0.39, 0.29) is 0 Å². The Labute approximate surface area is 165 Å². The van der Waals surface area contributed by atoms with Gasteiger partial charge in [0.2, 0.25) is 0 Å². The van der Waals surface area contributed by atoms with Crippen LogP contribution in [0.5, 0.6) is 0 Å². The maximum absolute atomic E-state index is 4.57. The molecule has 0 atom stereocenters. The molecule has 0 amide bonds. The second-order valence-electron chi connectivity index (χ2n) is 7.12. The lowest BCUT2D eigenvalue weighted by molar-refractivity contribution is 0.901. The summed E-state index contributed by atoms with van der Waals surface area (Å²) in [6, 6.07) is 19.0. The molecule has 1 aromatic heterocycles. The van der Waals surface area contributed by atoms with Crippen molar-refractivity contribution in [3.8, 4) is 11.3 Å². The number of H-pyrrole nitrogens is 1. The van der Waals surface area contributed by atoms with Crippen LogP contribution in [0.2, 0.25) is 0 Å². The van der Waals surface area contributed by atoms with Crippen LogP contribution >= 0.6 is 0 Å². The number of rotatable bonds is 6. The Balaban J connectivity index is 1.25. The number of hydrogen-bond donors (Lipinski definition) is 3. The predicted molar refractivity (Wildman–Crippen MR) is 117 cm³/mol. The van der Waals surface area contributed by atoms with Gasteiger partial charge in [0.1, 0.15) is 11.7 Å². The number of benzene rings is 2. The Hall–Kier alpha value is -3.34. The summed E-state index contributed by atoms with van der Waals surface area (Å²) in [5, 5.41) is 14.1. The molecule has 3 N–H and O–H groups in total. The van der Waals surface area contributed by atoms with Crippen LogP contribution in [0.4, 0.5) is 5.82 Å². The minimum Gasteiger partial charge on any atom is -0.369 e. The van der Waals surface area contributed by atoms with Gasteiger partial charge in [-0.2, -0.15) is 5.10 Å². The topological polar surface area (TPSA) is 65.1 Å². The normalized spacial score (nSPS) is 13.2. The van der Waals surface area contributed by atoms with E-state index in [0.29, 0.717) is 0 Å². The molecular formula is C23H25N5. The highest BCUT2D eigenvalue weighted by Gasteiger charge is 2.10. The van der Waals surface area contributed by atoms with Gasteiger partial charge in [-0.1, -0.05) is 59.7 Å². The van der Waals surface area contributed by atoms with E-state index in [9.17, 15) is 0 Å². The SMILES string of the molecule is Cc1ccc(C2=CC(NCCNc3cc(-c4ccc(C)cc4)[nH]n3)=NC2)cc1. The van der Waals surface area contributed by atoms with Crippen LogP contribution in [0.1, 0.15) is 16.7 Å². The first-order valence-electron chi connectivity index (χ1n) is 9.60. The second-order valence-corrected chi connectivity index (χ2v) is 7.12. The number of hydrogen-bond acceptors (Lipinski definition) is 4. The summed E-state index contributed by atoms with van der Waals surface area (Å²) in [5.74, 6) is 1.79. The first-order chi connectivity index (χ1) is 13.7. The van der Waals surface area contributed by atoms with Gasteiger partial charge in [0.05, 0.1) is 12.2 Å². The Bertz CT molecular complexity index is 994. The summed E-state index contributed by atoms with van der Waals surface area (Å²) in [4.78, 5) is 4.57. The van der Waals surface area contributed by atoms with Crippen molar-refractivity contribution in [2.24, 2.45) is 4.99 Å². The van der Waals surface area contributed by atoms with Gasteiger partial charge in [-0.05, 0) is 36.6 Å². The standard InChI is InChI=1S/C23H25N5/c1-16-3-7-18(8-4-16)20-13-22(26-15-20)24-11-12-25-23-14-21(27-28-23)19-9-5-17(2)6-10-19/h3-10,13-14H,11-12,15H2,1-2H3,(H,24,26)(H2,25,27,28). The van der Waals surface area contributed by atoms with Crippen LogP contribution in [0.15, 0.2) is 65.7 Å². The number of nitrogens with zero attached hydrogens (tertiary/aromatic N) is 2. The average molecular weight is 371 g/mol. The summed E-state index contributed by atoms with van der Waals surface area (Å²) in [5.41, 5.74) is 7.17. The highest BCUT2D eigenvalue weighted by molar-refractivity contribution is 6.03. The Morgan fingerprint density at radius 1 is 0.857 bits per heavy atom. The molecule has 4 rings (SSSR count). The number of aryl methyl sites for hydroxylation is 2. The molecule has 5 heteroatoms. The summed E-state index contributed by atoms with van der Waals surface area (Å²) < 4.78 is 0. The van der Waals surface area contributed by atoms with Crippen LogP contribution in [-0.2, 0) is 0 Å². The van der Waals surface area contributed by atoms with Crippen molar-refractivity contribution in [3.05, 3.63) is 77.4 Å². The average Bonchev–Trinajstić information content (AvgIpc) is 3.36. The third-order valence-corrected chi connectivity index (χ3v) is 4.83. The monoisotopic (exact) mass is 371 g/mol. The van der Waals surface area contributed by atoms with Gasteiger partial charge < -0.3 is 10.6 Å². The Morgan fingerprint density at radius 2 is 1.50 bits per heavy atom. The zero-order chi connectivity index (χ0) is 19.3. The van der Waals surface area contributed by atoms with Gasteiger partial charge in [-0.25, -0.2) is 0 Å². The first-order valence-corrected chi connectivity index (χ1v) is 9.60. The van der Waals surface area contributed by atoms with E-state index >= 15 is 0 Å². The van der Waals surface area contributed by atoms with E-state index in [1.807, 2.05) is 6.07 Å². The second kappa shape index (κ2) is 8.13. The number of nitrogens with one attached hydrogen (secondary N) is 3. The van der Waals surface area contributed by atoms with Crippen molar-refractivity contribution in [1.82, 2.24) is 15.5 Å². The Morgan fingerprint density at radius 3 is 2.21 bits per heavy atom. The number of aromatic amines is 1.